The summed E-state index contributed by atoms with van der Waals surface area (Å²) in [6.07, 6.45) is 3.61. The smallest absolute Gasteiger partial charge is 0.248 e. The zero-order valence-electron chi connectivity index (χ0n) is 13.0. The average molecular weight is 274 g/mol. The Labute approximate surface area is 121 Å². The second kappa shape index (κ2) is 5.12. The molecule has 0 spiro atoms. The first-order valence-corrected chi connectivity index (χ1v) is 7.33. The fourth-order valence-corrected chi connectivity index (χ4v) is 3.91. The van der Waals surface area contributed by atoms with Crippen LogP contribution in [0, 0.1) is 10.8 Å². The molecule has 1 aliphatic rings. The predicted octanol–water partition coefficient (Wildman–Crippen LogP) is 3.80. The third kappa shape index (κ3) is 3.75. The topological polar surface area (TPSA) is 55.1 Å². The van der Waals surface area contributed by atoms with Gasteiger partial charge in [0.05, 0.1) is 0 Å². The summed E-state index contributed by atoms with van der Waals surface area (Å²) < 4.78 is 0. The second-order valence-corrected chi connectivity index (χ2v) is 7.70. The molecule has 1 aromatic rings. The molecule has 0 aromatic heterocycles. The van der Waals surface area contributed by atoms with Crippen LogP contribution in [0.5, 0.6) is 0 Å². The highest BCUT2D eigenvalue weighted by Crippen LogP contribution is 2.46. The van der Waals surface area contributed by atoms with E-state index in [4.69, 9.17) is 5.73 Å². The molecule has 0 bridgehead atoms. The highest BCUT2D eigenvalue weighted by atomic mass is 16.1. The number of rotatable bonds is 3. The van der Waals surface area contributed by atoms with Crippen molar-refractivity contribution in [3.8, 4) is 0 Å². The maximum atomic E-state index is 11.1. The number of nitrogens with two attached hydrogens (primary N) is 1. The van der Waals surface area contributed by atoms with Crippen molar-refractivity contribution in [3.05, 3.63) is 29.8 Å². The Bertz CT molecular complexity index is 472. The van der Waals surface area contributed by atoms with Gasteiger partial charge in [-0.1, -0.05) is 27.7 Å². The first-order chi connectivity index (χ1) is 9.17. The first-order valence-electron chi connectivity index (χ1n) is 7.33. The third-order valence-electron chi connectivity index (χ3n) is 4.10. The molecule has 0 aliphatic heterocycles. The Morgan fingerprint density at radius 3 is 2.05 bits per heavy atom. The van der Waals surface area contributed by atoms with E-state index in [1.807, 2.05) is 12.1 Å². The van der Waals surface area contributed by atoms with Gasteiger partial charge in [0.1, 0.15) is 0 Å². The van der Waals surface area contributed by atoms with Crippen molar-refractivity contribution in [2.75, 3.05) is 5.32 Å². The number of amides is 1. The van der Waals surface area contributed by atoms with Crippen LogP contribution in [0.2, 0.25) is 0 Å². The number of nitrogens with one attached hydrogen (secondary N) is 1. The lowest BCUT2D eigenvalue weighted by Crippen LogP contribution is -2.40. The van der Waals surface area contributed by atoms with Crippen LogP contribution in [0.3, 0.4) is 0 Å². The lowest BCUT2D eigenvalue weighted by Gasteiger charge is -2.45. The number of benzene rings is 1. The fraction of sp³-hybridized carbons (Fsp3) is 0.588. The molecule has 0 atom stereocenters. The fourth-order valence-electron chi connectivity index (χ4n) is 3.91. The van der Waals surface area contributed by atoms with E-state index in [1.165, 1.54) is 19.3 Å². The van der Waals surface area contributed by atoms with Gasteiger partial charge in [-0.05, 0) is 54.4 Å². The summed E-state index contributed by atoms with van der Waals surface area (Å²) in [6.45, 7) is 9.38. The lowest BCUT2D eigenvalue weighted by molar-refractivity contribution is 0.1000. The Morgan fingerprint density at radius 2 is 1.60 bits per heavy atom. The zero-order valence-corrected chi connectivity index (χ0v) is 13.0. The lowest BCUT2D eigenvalue weighted by atomic mass is 9.63. The zero-order chi connectivity index (χ0) is 15.0. The first kappa shape index (κ1) is 14.9. The standard InChI is InChI=1S/C17H26N2O/c1-16(2)9-14(10-17(3,4)11-16)19-13-7-5-12(6-8-13)15(18)20/h5-8,14,19H,9-11H2,1-4H3,(H2,18,20). The molecule has 0 radical (unpaired) electrons. The molecule has 1 aromatic carbocycles. The normalized spacial score (nSPS) is 21.4. The van der Waals surface area contributed by atoms with Gasteiger partial charge in [-0.25, -0.2) is 0 Å². The van der Waals surface area contributed by atoms with Gasteiger partial charge in [-0.2, -0.15) is 0 Å². The summed E-state index contributed by atoms with van der Waals surface area (Å²) in [6, 6.07) is 7.92. The molecule has 0 saturated heterocycles. The molecule has 3 nitrogen and oxygen atoms in total. The van der Waals surface area contributed by atoms with Crippen molar-refractivity contribution in [3.63, 3.8) is 0 Å². The molecule has 0 heterocycles. The van der Waals surface area contributed by atoms with Gasteiger partial charge < -0.3 is 11.1 Å². The van der Waals surface area contributed by atoms with E-state index in [9.17, 15) is 4.79 Å². The molecule has 1 saturated carbocycles. The van der Waals surface area contributed by atoms with Crippen LogP contribution in [-0.2, 0) is 0 Å². The maximum absolute atomic E-state index is 11.1. The van der Waals surface area contributed by atoms with E-state index in [0.717, 1.165) is 5.69 Å². The molecule has 0 unspecified atom stereocenters. The summed E-state index contributed by atoms with van der Waals surface area (Å²) in [5.41, 5.74) is 7.61. The van der Waals surface area contributed by atoms with E-state index in [0.29, 0.717) is 22.4 Å². The van der Waals surface area contributed by atoms with Gasteiger partial charge in [0, 0.05) is 17.3 Å². The van der Waals surface area contributed by atoms with Crippen LogP contribution < -0.4 is 11.1 Å². The Kier molecular flexibility index (Phi) is 3.81. The maximum Gasteiger partial charge on any atom is 0.248 e. The number of primary amides is 1. The average Bonchev–Trinajstić information content (AvgIpc) is 2.25. The van der Waals surface area contributed by atoms with Gasteiger partial charge in [0.2, 0.25) is 5.91 Å². The molecule has 20 heavy (non-hydrogen) atoms. The molecule has 1 amide bonds. The van der Waals surface area contributed by atoms with E-state index in [-0.39, 0.29) is 5.91 Å². The Hall–Kier alpha value is -1.51. The molecule has 3 N–H and O–H groups in total. The van der Waals surface area contributed by atoms with Gasteiger partial charge in [-0.15, -0.1) is 0 Å². The van der Waals surface area contributed by atoms with Crippen molar-refractivity contribution >= 4 is 11.6 Å². The van der Waals surface area contributed by atoms with Gasteiger partial charge in [0.15, 0.2) is 0 Å². The van der Waals surface area contributed by atoms with Crippen LogP contribution in [0.4, 0.5) is 5.69 Å². The van der Waals surface area contributed by atoms with Crippen molar-refractivity contribution in [1.29, 1.82) is 0 Å². The highest BCUT2D eigenvalue weighted by molar-refractivity contribution is 5.93. The number of carbonyl (C=O) groups is 1. The van der Waals surface area contributed by atoms with Crippen LogP contribution in [-0.4, -0.2) is 11.9 Å². The molecule has 1 aliphatic carbocycles. The second-order valence-electron chi connectivity index (χ2n) is 7.70. The van der Waals surface area contributed by atoms with Crippen molar-refractivity contribution in [2.24, 2.45) is 16.6 Å². The van der Waals surface area contributed by atoms with Crippen LogP contribution in [0.1, 0.15) is 57.3 Å². The summed E-state index contributed by atoms with van der Waals surface area (Å²) in [7, 11) is 0. The highest BCUT2D eigenvalue weighted by Gasteiger charge is 2.38. The van der Waals surface area contributed by atoms with E-state index >= 15 is 0 Å². The number of anilines is 1. The summed E-state index contributed by atoms with van der Waals surface area (Å²) in [5, 5.41) is 3.61. The minimum atomic E-state index is -0.378. The molecule has 2 rings (SSSR count). The molecule has 110 valence electrons. The minimum Gasteiger partial charge on any atom is -0.382 e. The quantitative estimate of drug-likeness (QED) is 0.880. The van der Waals surface area contributed by atoms with E-state index < -0.39 is 0 Å². The van der Waals surface area contributed by atoms with E-state index in [1.54, 1.807) is 12.1 Å². The summed E-state index contributed by atoms with van der Waals surface area (Å²) in [5.74, 6) is -0.378. The summed E-state index contributed by atoms with van der Waals surface area (Å²) >= 11 is 0. The third-order valence-corrected chi connectivity index (χ3v) is 4.10. The van der Waals surface area contributed by atoms with E-state index in [2.05, 4.69) is 33.0 Å². The summed E-state index contributed by atoms with van der Waals surface area (Å²) in [4.78, 5) is 11.1. The molecular formula is C17H26N2O. The van der Waals surface area contributed by atoms with Gasteiger partial charge >= 0.3 is 0 Å². The number of hydrogen-bond acceptors (Lipinski definition) is 2. The van der Waals surface area contributed by atoms with Gasteiger partial charge in [0.25, 0.3) is 0 Å². The largest absolute Gasteiger partial charge is 0.382 e. The monoisotopic (exact) mass is 274 g/mol. The Morgan fingerprint density at radius 1 is 1.10 bits per heavy atom. The predicted molar refractivity (Wildman–Crippen MR) is 83.8 cm³/mol. The van der Waals surface area contributed by atoms with Crippen molar-refractivity contribution < 1.29 is 4.79 Å². The van der Waals surface area contributed by atoms with Crippen molar-refractivity contribution in [1.82, 2.24) is 0 Å². The molecule has 3 heteroatoms. The molecule has 1 fully saturated rings. The van der Waals surface area contributed by atoms with Gasteiger partial charge in [-0.3, -0.25) is 4.79 Å². The van der Waals surface area contributed by atoms with Crippen LogP contribution in [0.15, 0.2) is 24.3 Å². The Balaban J connectivity index is 2.07. The van der Waals surface area contributed by atoms with Crippen LogP contribution in [0.25, 0.3) is 0 Å². The van der Waals surface area contributed by atoms with Crippen molar-refractivity contribution in [2.45, 2.75) is 53.0 Å². The van der Waals surface area contributed by atoms with Crippen LogP contribution >= 0.6 is 0 Å². The molecular weight excluding hydrogens is 248 g/mol. The minimum absolute atomic E-state index is 0.368. The number of carbonyl (C=O) groups excluding carboxylic acids is 1. The SMILES string of the molecule is CC1(C)CC(Nc2ccc(C(N)=O)cc2)CC(C)(C)C1. The number of hydrogen-bond donors (Lipinski definition) is 2.